The van der Waals surface area contributed by atoms with Gasteiger partial charge in [-0.2, -0.15) is 5.10 Å². The smallest absolute Gasteiger partial charge is 0.258 e. The monoisotopic (exact) mass is 279 g/mol. The minimum absolute atomic E-state index is 0.0554. The molecule has 104 valence electrons. The van der Waals surface area contributed by atoms with Gasteiger partial charge in [0.25, 0.3) is 5.69 Å². The second-order valence-electron chi connectivity index (χ2n) is 4.82. The fourth-order valence-electron chi connectivity index (χ4n) is 2.11. The number of hydrogen-bond donors (Lipinski definition) is 0. The summed E-state index contributed by atoms with van der Waals surface area (Å²) in [6.07, 6.45) is 3.62. The Balaban J connectivity index is 1.96. The van der Waals surface area contributed by atoms with E-state index in [0.717, 1.165) is 11.1 Å². The van der Waals surface area contributed by atoms with E-state index in [1.54, 1.807) is 23.0 Å². The van der Waals surface area contributed by atoms with Crippen LogP contribution in [0.25, 0.3) is 16.8 Å². The van der Waals surface area contributed by atoms with Gasteiger partial charge in [-0.05, 0) is 18.6 Å². The first-order valence-corrected chi connectivity index (χ1v) is 6.50. The third-order valence-corrected chi connectivity index (χ3v) is 3.27. The molecule has 5 heteroatoms. The number of aromatic nitrogens is 2. The Labute approximate surface area is 121 Å². The second-order valence-corrected chi connectivity index (χ2v) is 4.82. The summed E-state index contributed by atoms with van der Waals surface area (Å²) in [4.78, 5) is 10.4. The van der Waals surface area contributed by atoms with Crippen LogP contribution in [0.2, 0.25) is 0 Å². The van der Waals surface area contributed by atoms with Crippen LogP contribution >= 0.6 is 0 Å². The maximum Gasteiger partial charge on any atom is 0.271 e. The molecule has 0 bridgehead atoms. The van der Waals surface area contributed by atoms with E-state index in [1.807, 2.05) is 37.4 Å². The van der Waals surface area contributed by atoms with Crippen molar-refractivity contribution in [1.29, 1.82) is 0 Å². The summed E-state index contributed by atoms with van der Waals surface area (Å²) in [6.45, 7) is 2.04. The van der Waals surface area contributed by atoms with Crippen LogP contribution in [0.1, 0.15) is 5.56 Å². The van der Waals surface area contributed by atoms with E-state index >= 15 is 0 Å². The molecule has 0 radical (unpaired) electrons. The lowest BCUT2D eigenvalue weighted by Gasteiger charge is -2.01. The van der Waals surface area contributed by atoms with Crippen LogP contribution in [0.4, 0.5) is 5.69 Å². The molecule has 0 atom stereocenters. The first-order valence-electron chi connectivity index (χ1n) is 6.50. The first kappa shape index (κ1) is 13.1. The molecule has 0 saturated heterocycles. The van der Waals surface area contributed by atoms with E-state index in [-0.39, 0.29) is 5.69 Å². The van der Waals surface area contributed by atoms with Gasteiger partial charge >= 0.3 is 0 Å². The molecule has 0 spiro atoms. The Hall–Kier alpha value is -2.95. The quantitative estimate of drug-likeness (QED) is 0.541. The number of nitrogens with zero attached hydrogens (tertiary/aromatic N) is 3. The highest BCUT2D eigenvalue weighted by molar-refractivity contribution is 5.62. The number of benzene rings is 2. The molecule has 1 aromatic heterocycles. The van der Waals surface area contributed by atoms with Crippen molar-refractivity contribution in [1.82, 2.24) is 9.78 Å². The zero-order valence-corrected chi connectivity index (χ0v) is 11.4. The predicted octanol–water partition coefficient (Wildman–Crippen LogP) is 3.76. The topological polar surface area (TPSA) is 61.0 Å². The van der Waals surface area contributed by atoms with Gasteiger partial charge in [-0.1, -0.05) is 35.9 Å². The van der Waals surface area contributed by atoms with Gasteiger partial charge in [0.2, 0.25) is 0 Å². The number of nitro groups is 1. The average molecular weight is 279 g/mol. The lowest BCUT2D eigenvalue weighted by Crippen LogP contribution is -1.95. The van der Waals surface area contributed by atoms with Gasteiger partial charge in [-0.3, -0.25) is 10.1 Å². The molecule has 0 fully saturated rings. The van der Waals surface area contributed by atoms with Crippen molar-refractivity contribution in [3.05, 3.63) is 76.6 Å². The minimum Gasteiger partial charge on any atom is -0.258 e. The first-order chi connectivity index (χ1) is 10.1. The number of aryl methyl sites for hydroxylation is 1. The molecule has 0 unspecified atom stereocenters. The summed E-state index contributed by atoms with van der Waals surface area (Å²) in [6, 6.07) is 14.6. The van der Waals surface area contributed by atoms with E-state index in [2.05, 4.69) is 5.10 Å². The largest absolute Gasteiger partial charge is 0.271 e. The average Bonchev–Trinajstić information content (AvgIpc) is 2.98. The molecule has 2 aromatic carbocycles. The molecule has 0 amide bonds. The van der Waals surface area contributed by atoms with Gasteiger partial charge in [0, 0.05) is 23.9 Å². The number of rotatable bonds is 3. The third kappa shape index (κ3) is 2.67. The highest BCUT2D eigenvalue weighted by Crippen LogP contribution is 2.22. The van der Waals surface area contributed by atoms with Crippen LogP contribution in [0.3, 0.4) is 0 Å². The van der Waals surface area contributed by atoms with Crippen LogP contribution in [0.5, 0.6) is 0 Å². The summed E-state index contributed by atoms with van der Waals surface area (Å²) in [5, 5.41) is 15.1. The Morgan fingerprint density at radius 3 is 2.57 bits per heavy atom. The summed E-state index contributed by atoms with van der Waals surface area (Å²) in [5.74, 6) is 0. The van der Waals surface area contributed by atoms with Crippen LogP contribution in [-0.4, -0.2) is 14.7 Å². The molecule has 0 aliphatic heterocycles. The Bertz CT molecular complexity index is 791. The maximum atomic E-state index is 10.8. The van der Waals surface area contributed by atoms with Gasteiger partial charge in [0.15, 0.2) is 0 Å². The maximum absolute atomic E-state index is 10.8. The summed E-state index contributed by atoms with van der Waals surface area (Å²) in [7, 11) is 0. The van der Waals surface area contributed by atoms with Gasteiger partial charge in [0.05, 0.1) is 16.8 Å². The van der Waals surface area contributed by atoms with Crippen LogP contribution in [0, 0.1) is 17.0 Å². The van der Waals surface area contributed by atoms with Crippen molar-refractivity contribution in [2.24, 2.45) is 0 Å². The molecule has 0 saturated carbocycles. The SMILES string of the molecule is Cc1ccc(-c2cnn(-c3cccc([N+](=O)[O-])c3)c2)cc1. The lowest BCUT2D eigenvalue weighted by molar-refractivity contribution is -0.384. The van der Waals surface area contributed by atoms with Crippen LogP contribution in [-0.2, 0) is 0 Å². The van der Waals surface area contributed by atoms with Gasteiger partial charge in [-0.15, -0.1) is 0 Å². The Kier molecular flexibility index (Phi) is 3.23. The zero-order valence-electron chi connectivity index (χ0n) is 11.4. The van der Waals surface area contributed by atoms with E-state index in [4.69, 9.17) is 0 Å². The fraction of sp³-hybridized carbons (Fsp3) is 0.0625. The number of non-ortho nitro benzene ring substituents is 1. The fourth-order valence-corrected chi connectivity index (χ4v) is 2.11. The van der Waals surface area contributed by atoms with Crippen molar-refractivity contribution in [3.63, 3.8) is 0 Å². The van der Waals surface area contributed by atoms with E-state index in [0.29, 0.717) is 5.69 Å². The van der Waals surface area contributed by atoms with E-state index < -0.39 is 4.92 Å². The van der Waals surface area contributed by atoms with Crippen LogP contribution < -0.4 is 0 Å². The standard InChI is InChI=1S/C16H13N3O2/c1-12-5-7-13(8-6-12)14-10-17-18(11-14)15-3-2-4-16(9-15)19(20)21/h2-11H,1H3. The number of nitro benzene ring substituents is 1. The molecular weight excluding hydrogens is 266 g/mol. The molecule has 0 N–H and O–H groups in total. The second kappa shape index (κ2) is 5.20. The molecule has 3 aromatic rings. The number of hydrogen-bond acceptors (Lipinski definition) is 3. The highest BCUT2D eigenvalue weighted by atomic mass is 16.6. The molecule has 0 aliphatic rings. The third-order valence-electron chi connectivity index (χ3n) is 3.27. The minimum atomic E-state index is -0.409. The zero-order chi connectivity index (χ0) is 14.8. The van der Waals surface area contributed by atoms with Crippen molar-refractivity contribution in [2.45, 2.75) is 6.92 Å². The molecule has 3 rings (SSSR count). The van der Waals surface area contributed by atoms with E-state index in [1.165, 1.54) is 17.7 Å². The highest BCUT2D eigenvalue weighted by Gasteiger charge is 2.08. The van der Waals surface area contributed by atoms with Crippen molar-refractivity contribution >= 4 is 5.69 Å². The molecule has 0 aliphatic carbocycles. The normalized spacial score (nSPS) is 10.5. The van der Waals surface area contributed by atoms with Gasteiger partial charge in [-0.25, -0.2) is 4.68 Å². The molecular formula is C16H13N3O2. The Morgan fingerprint density at radius 2 is 1.86 bits per heavy atom. The van der Waals surface area contributed by atoms with Crippen molar-refractivity contribution in [2.75, 3.05) is 0 Å². The molecule has 21 heavy (non-hydrogen) atoms. The van der Waals surface area contributed by atoms with Crippen molar-refractivity contribution in [3.8, 4) is 16.8 Å². The lowest BCUT2D eigenvalue weighted by atomic mass is 10.1. The molecule has 5 nitrogen and oxygen atoms in total. The van der Waals surface area contributed by atoms with Gasteiger partial charge < -0.3 is 0 Å². The van der Waals surface area contributed by atoms with Crippen LogP contribution in [0.15, 0.2) is 60.9 Å². The Morgan fingerprint density at radius 1 is 1.10 bits per heavy atom. The predicted molar refractivity (Wildman–Crippen MR) is 80.4 cm³/mol. The van der Waals surface area contributed by atoms with Crippen molar-refractivity contribution < 1.29 is 4.92 Å². The molecule has 1 heterocycles. The van der Waals surface area contributed by atoms with E-state index in [9.17, 15) is 10.1 Å². The van der Waals surface area contributed by atoms with Gasteiger partial charge in [0.1, 0.15) is 0 Å². The summed E-state index contributed by atoms with van der Waals surface area (Å²) in [5.41, 5.74) is 3.96. The summed E-state index contributed by atoms with van der Waals surface area (Å²) >= 11 is 0. The summed E-state index contributed by atoms with van der Waals surface area (Å²) < 4.78 is 1.64.